The minimum Gasteiger partial charge on any atom is -0.444 e. The Hall–Kier alpha value is -5.06. The van der Waals surface area contributed by atoms with Crippen LogP contribution in [0.5, 0.6) is 0 Å². The number of nitrogens with zero attached hydrogens (tertiary/aromatic N) is 6. The second-order valence-electron chi connectivity index (χ2n) is 11.9. The lowest BCUT2D eigenvalue weighted by molar-refractivity contribution is 0.0499. The first-order valence-corrected chi connectivity index (χ1v) is 14.4. The van der Waals surface area contributed by atoms with Crippen molar-refractivity contribution >= 4 is 40.0 Å². The van der Waals surface area contributed by atoms with Crippen LogP contribution in [0.15, 0.2) is 32.6 Å². The Morgan fingerprint density at radius 1 is 1.11 bits per heavy atom. The van der Waals surface area contributed by atoms with Crippen LogP contribution in [0.2, 0.25) is 0 Å². The zero-order valence-electron chi connectivity index (χ0n) is 25.7. The summed E-state index contributed by atoms with van der Waals surface area (Å²) in [6.07, 6.45) is 0.964. The van der Waals surface area contributed by atoms with Crippen LogP contribution in [0.25, 0.3) is 22.2 Å². The molecule has 1 fully saturated rings. The van der Waals surface area contributed by atoms with Crippen LogP contribution in [-0.4, -0.2) is 64.8 Å². The van der Waals surface area contributed by atoms with E-state index >= 15 is 0 Å². The van der Waals surface area contributed by atoms with Gasteiger partial charge in [-0.3, -0.25) is 27.9 Å². The number of para-hydroxylation sites is 1. The molecule has 5 rings (SSSR count). The summed E-state index contributed by atoms with van der Waals surface area (Å²) in [5.74, 6) is 5.76. The molecule has 0 bridgehead atoms. The number of Topliss-reactive ketones (excluding diaryl/α,β-unsaturated/α-hetero) is 1. The van der Waals surface area contributed by atoms with Crippen molar-refractivity contribution in [1.29, 1.82) is 0 Å². The molecule has 0 spiro atoms. The van der Waals surface area contributed by atoms with Crippen LogP contribution in [0.3, 0.4) is 0 Å². The molecule has 232 valence electrons. The molecule has 1 aliphatic heterocycles. The van der Waals surface area contributed by atoms with Crippen LogP contribution in [0.1, 0.15) is 50.9 Å². The number of nitrogens with one attached hydrogen (secondary N) is 2. The molecule has 4 aromatic rings. The Kier molecular flexibility index (Phi) is 7.98. The van der Waals surface area contributed by atoms with E-state index in [1.807, 2.05) is 4.90 Å². The standard InChI is InChI=1S/C30H36N8O6/c1-7-8-15-37-23-24(33-26(37)36-14-10-11-18(16-36)31-28(42)44-30(2,3)4)35(6)29(43)38(25(23)40)17-21(39)19-12-9-13-20-22(19)34(5)27(41)32-20/h9,12-13,18H,10-11,14-17H2,1-6H3,(H,31,42)(H,32,41). The molecule has 2 N–H and O–H groups in total. The Balaban J connectivity index is 1.55. The number of H-pyrrole nitrogens is 1. The molecule has 1 unspecified atom stereocenters. The number of aromatic nitrogens is 6. The van der Waals surface area contributed by atoms with Crippen molar-refractivity contribution in [2.24, 2.45) is 14.1 Å². The molecule has 0 aliphatic carbocycles. The fourth-order valence-electron chi connectivity index (χ4n) is 5.56. The lowest BCUT2D eigenvalue weighted by Crippen LogP contribution is -2.49. The van der Waals surface area contributed by atoms with Crippen LogP contribution < -0.4 is 27.2 Å². The molecule has 1 amide bonds. The number of imidazole rings is 2. The highest BCUT2D eigenvalue weighted by molar-refractivity contribution is 6.06. The van der Waals surface area contributed by atoms with Gasteiger partial charge in [-0.1, -0.05) is 12.0 Å². The third-order valence-electron chi connectivity index (χ3n) is 7.57. The average Bonchev–Trinajstić information content (AvgIpc) is 3.49. The Labute approximate surface area is 252 Å². The molecule has 14 heteroatoms. The van der Waals surface area contributed by atoms with E-state index in [0.29, 0.717) is 30.1 Å². The molecule has 14 nitrogen and oxygen atoms in total. The summed E-state index contributed by atoms with van der Waals surface area (Å²) in [5, 5.41) is 2.92. The van der Waals surface area contributed by atoms with Crippen LogP contribution in [0, 0.1) is 11.8 Å². The first-order chi connectivity index (χ1) is 20.8. The summed E-state index contributed by atoms with van der Waals surface area (Å²) >= 11 is 0. The van der Waals surface area contributed by atoms with Crippen molar-refractivity contribution in [3.63, 3.8) is 0 Å². The molecule has 4 heterocycles. The monoisotopic (exact) mass is 604 g/mol. The molecule has 1 atom stereocenters. The molecule has 3 aromatic heterocycles. The number of alkyl carbamates (subject to hydrolysis) is 1. The molecular weight excluding hydrogens is 568 g/mol. The largest absolute Gasteiger partial charge is 0.444 e. The van der Waals surface area contributed by atoms with Gasteiger partial charge in [-0.15, -0.1) is 5.92 Å². The van der Waals surface area contributed by atoms with Crippen molar-refractivity contribution < 1.29 is 14.3 Å². The summed E-state index contributed by atoms with van der Waals surface area (Å²) in [7, 11) is 3.04. The van der Waals surface area contributed by atoms with E-state index < -0.39 is 35.3 Å². The lowest BCUT2D eigenvalue weighted by atomic mass is 10.1. The third-order valence-corrected chi connectivity index (χ3v) is 7.57. The smallest absolute Gasteiger partial charge is 0.407 e. The first-order valence-electron chi connectivity index (χ1n) is 14.4. The number of hydrogen-bond acceptors (Lipinski definition) is 8. The minimum atomic E-state index is -0.702. The van der Waals surface area contributed by atoms with Crippen molar-refractivity contribution in [2.45, 2.75) is 65.3 Å². The molecule has 44 heavy (non-hydrogen) atoms. The van der Waals surface area contributed by atoms with Gasteiger partial charge in [0.15, 0.2) is 16.9 Å². The number of ether oxygens (including phenoxy) is 1. The first kappa shape index (κ1) is 30.4. The maximum Gasteiger partial charge on any atom is 0.407 e. The van der Waals surface area contributed by atoms with Gasteiger partial charge in [-0.25, -0.2) is 14.4 Å². The molecule has 1 saturated heterocycles. The number of fused-ring (bicyclic) bond motifs is 2. The predicted octanol–water partition coefficient (Wildman–Crippen LogP) is 1.48. The highest BCUT2D eigenvalue weighted by Crippen LogP contribution is 2.24. The number of ketones is 1. The summed E-state index contributed by atoms with van der Waals surface area (Å²) in [6.45, 7) is 7.67. The van der Waals surface area contributed by atoms with E-state index in [1.54, 1.807) is 50.5 Å². The highest BCUT2D eigenvalue weighted by Gasteiger charge is 2.29. The van der Waals surface area contributed by atoms with Gasteiger partial charge in [0.2, 0.25) is 5.95 Å². The predicted molar refractivity (Wildman–Crippen MR) is 165 cm³/mol. The second kappa shape index (κ2) is 11.6. The van der Waals surface area contributed by atoms with E-state index in [-0.39, 0.29) is 35.0 Å². The molecule has 1 aliphatic rings. The molecule has 0 radical (unpaired) electrons. The lowest BCUT2D eigenvalue weighted by Gasteiger charge is -2.34. The van der Waals surface area contributed by atoms with Gasteiger partial charge in [-0.05, 0) is 52.7 Å². The normalized spacial score (nSPS) is 15.3. The van der Waals surface area contributed by atoms with E-state index in [2.05, 4.69) is 22.1 Å². The number of hydrogen-bond donors (Lipinski definition) is 2. The molecule has 0 saturated carbocycles. The maximum absolute atomic E-state index is 14.0. The number of aryl methyl sites for hydroxylation is 2. The number of piperidine rings is 1. The number of carbonyl (C=O) groups excluding carboxylic acids is 2. The number of anilines is 1. The molecule has 1 aromatic carbocycles. The fraction of sp³-hybridized carbons (Fsp3) is 0.467. The Morgan fingerprint density at radius 2 is 1.86 bits per heavy atom. The average molecular weight is 605 g/mol. The summed E-state index contributed by atoms with van der Waals surface area (Å²) in [6, 6.07) is 4.63. The third kappa shape index (κ3) is 5.64. The summed E-state index contributed by atoms with van der Waals surface area (Å²) < 4.78 is 10.5. The number of carbonyl (C=O) groups is 2. The number of amides is 1. The zero-order chi connectivity index (χ0) is 31.9. The van der Waals surface area contributed by atoms with E-state index in [1.165, 1.54) is 23.2 Å². The topological polar surface area (TPSA) is 158 Å². The molecular formula is C30H36N8O6. The van der Waals surface area contributed by atoms with Crippen LogP contribution >= 0.6 is 0 Å². The fourth-order valence-corrected chi connectivity index (χ4v) is 5.56. The maximum atomic E-state index is 14.0. The Bertz CT molecular complexity index is 2020. The SMILES string of the molecule is CC#CCn1c(N2CCCC(NC(=O)OC(C)(C)C)C2)nc2c1c(=O)n(CC(=O)c1cccc3[nH]c(=O)n(C)c13)c(=O)n2C. The van der Waals surface area contributed by atoms with Gasteiger partial charge in [-0.2, -0.15) is 4.98 Å². The van der Waals surface area contributed by atoms with Crippen molar-refractivity contribution in [3.8, 4) is 11.8 Å². The van der Waals surface area contributed by atoms with E-state index in [4.69, 9.17) is 9.72 Å². The van der Waals surface area contributed by atoms with Gasteiger partial charge in [0.1, 0.15) is 5.60 Å². The van der Waals surface area contributed by atoms with Gasteiger partial charge in [0.25, 0.3) is 5.56 Å². The van der Waals surface area contributed by atoms with Gasteiger partial charge in [0, 0.05) is 38.8 Å². The van der Waals surface area contributed by atoms with Crippen molar-refractivity contribution in [2.75, 3.05) is 18.0 Å². The van der Waals surface area contributed by atoms with Gasteiger partial charge < -0.3 is 19.9 Å². The van der Waals surface area contributed by atoms with Gasteiger partial charge in [0.05, 0.1) is 24.1 Å². The van der Waals surface area contributed by atoms with Gasteiger partial charge >= 0.3 is 17.5 Å². The minimum absolute atomic E-state index is 0.120. The Morgan fingerprint density at radius 3 is 2.57 bits per heavy atom. The second-order valence-corrected chi connectivity index (χ2v) is 11.9. The summed E-state index contributed by atoms with van der Waals surface area (Å²) in [4.78, 5) is 74.9. The van der Waals surface area contributed by atoms with Crippen molar-refractivity contribution in [3.05, 3.63) is 55.1 Å². The summed E-state index contributed by atoms with van der Waals surface area (Å²) in [5.41, 5.74) is -1.04. The van der Waals surface area contributed by atoms with Crippen LogP contribution in [0.4, 0.5) is 10.7 Å². The van der Waals surface area contributed by atoms with Crippen molar-refractivity contribution in [1.82, 2.24) is 33.6 Å². The number of rotatable bonds is 6. The number of aromatic amines is 1. The van der Waals surface area contributed by atoms with E-state index in [0.717, 1.165) is 17.4 Å². The van der Waals surface area contributed by atoms with E-state index in [9.17, 15) is 24.0 Å². The highest BCUT2D eigenvalue weighted by atomic mass is 16.6. The quantitative estimate of drug-likeness (QED) is 0.247. The zero-order valence-corrected chi connectivity index (χ0v) is 25.7. The van der Waals surface area contributed by atoms with Crippen LogP contribution in [-0.2, 0) is 31.9 Å². The number of benzene rings is 1.